The van der Waals surface area contributed by atoms with Crippen molar-refractivity contribution in [3.05, 3.63) is 118 Å². The molecule has 5 heteroatoms. The fourth-order valence-electron chi connectivity index (χ4n) is 5.95. The molecule has 1 spiro atoms. The van der Waals surface area contributed by atoms with Gasteiger partial charge in [-0.25, -0.2) is 0 Å². The van der Waals surface area contributed by atoms with Gasteiger partial charge in [-0.2, -0.15) is 5.26 Å². The molecule has 0 bridgehead atoms. The predicted octanol–water partition coefficient (Wildman–Crippen LogP) is 6.71. The average Bonchev–Trinajstić information content (AvgIpc) is 3.17. The van der Waals surface area contributed by atoms with Crippen molar-refractivity contribution in [2.24, 2.45) is 5.92 Å². The lowest BCUT2D eigenvalue weighted by Gasteiger charge is -2.44. The Balaban J connectivity index is 1.56. The van der Waals surface area contributed by atoms with Gasteiger partial charge in [-0.15, -0.1) is 0 Å². The maximum Gasteiger partial charge on any atom is 0.330 e. The molecule has 183 valence electrons. The molecule has 3 atom stereocenters. The first-order valence-corrected chi connectivity index (χ1v) is 13.5. The van der Waals surface area contributed by atoms with Crippen LogP contribution in [0.2, 0.25) is 0 Å². The van der Waals surface area contributed by atoms with Crippen molar-refractivity contribution in [2.75, 3.05) is 0 Å². The van der Waals surface area contributed by atoms with Gasteiger partial charge in [0.25, 0.3) is 0 Å². The zero-order valence-electron chi connectivity index (χ0n) is 21.5. The van der Waals surface area contributed by atoms with E-state index in [0.717, 1.165) is 5.47 Å². The molecule has 0 saturated heterocycles. The Hall–Kier alpha value is -3.04. The van der Waals surface area contributed by atoms with Crippen LogP contribution in [-0.2, 0) is 10.1 Å². The lowest BCUT2D eigenvalue weighted by atomic mass is 9.61. The topological polar surface area (TPSA) is 53.2 Å². The van der Waals surface area contributed by atoms with Crippen LogP contribution in [0.3, 0.4) is 0 Å². The average molecular weight is 502 g/mol. The van der Waals surface area contributed by atoms with E-state index in [0.29, 0.717) is 5.56 Å². The molecule has 0 saturated carbocycles. The van der Waals surface area contributed by atoms with Crippen LogP contribution in [0.4, 0.5) is 0 Å². The Morgan fingerprint density at radius 3 is 2.41 bits per heavy atom. The van der Waals surface area contributed by atoms with E-state index in [1.54, 1.807) is 33.1 Å². The summed E-state index contributed by atoms with van der Waals surface area (Å²) in [5, 5.41) is 20.4. The van der Waals surface area contributed by atoms with Gasteiger partial charge < -0.3 is 9.76 Å². The number of aliphatic hydroxyl groups is 1. The smallest absolute Gasteiger partial charge is 0.330 e. The van der Waals surface area contributed by atoms with Crippen molar-refractivity contribution >= 4 is 19.2 Å². The number of hydrogen-bond donors (Lipinski definition) is 1. The third-order valence-corrected chi connectivity index (χ3v) is 9.68. The molecule has 37 heavy (non-hydrogen) atoms. The Morgan fingerprint density at radius 2 is 1.65 bits per heavy atom. The van der Waals surface area contributed by atoms with E-state index >= 15 is 0 Å². The van der Waals surface area contributed by atoms with E-state index in [1.165, 1.54) is 32.0 Å². The zero-order valence-corrected chi connectivity index (χ0v) is 22.3. The first kappa shape index (κ1) is 24.3. The molecule has 0 aromatic heterocycles. The monoisotopic (exact) mass is 502 g/mol. The predicted molar refractivity (Wildman–Crippen MR) is 149 cm³/mol. The van der Waals surface area contributed by atoms with Crippen molar-refractivity contribution in [3.8, 4) is 6.07 Å². The maximum atomic E-state index is 10.6. The van der Waals surface area contributed by atoms with Gasteiger partial charge in [0.1, 0.15) is 0 Å². The second-order valence-electron chi connectivity index (χ2n) is 11.2. The van der Waals surface area contributed by atoms with E-state index in [9.17, 15) is 10.4 Å². The van der Waals surface area contributed by atoms with Crippen LogP contribution in [0.1, 0.15) is 61.4 Å². The van der Waals surface area contributed by atoms with Crippen molar-refractivity contribution in [1.29, 1.82) is 5.26 Å². The number of benzene rings is 3. The maximum absolute atomic E-state index is 10.6. The van der Waals surface area contributed by atoms with Crippen LogP contribution < -0.4 is 0 Å². The first-order valence-electron chi connectivity index (χ1n) is 12.7. The standard InChI is InChI=1S/C32H29BNO2S/c1-30(2,35)31(3,4)36-33-21-14-15-23-22-9-5-6-10-24(22)32(26(23)18-21)25-11-7-8-12-28(25)37-29-16-13-20(19-34)17-27(29)32/h5-18,23,26,35H,1-4H3. The first-order chi connectivity index (χ1) is 17.7. The van der Waals surface area contributed by atoms with E-state index in [4.69, 9.17) is 4.65 Å². The number of hydrogen-bond acceptors (Lipinski definition) is 4. The van der Waals surface area contributed by atoms with Gasteiger partial charge in [0.15, 0.2) is 0 Å². The molecule has 1 aliphatic heterocycles. The van der Waals surface area contributed by atoms with Gasteiger partial charge in [-0.1, -0.05) is 77.9 Å². The van der Waals surface area contributed by atoms with Crippen molar-refractivity contribution in [2.45, 2.75) is 60.0 Å². The van der Waals surface area contributed by atoms with Crippen molar-refractivity contribution < 1.29 is 9.76 Å². The van der Waals surface area contributed by atoms with Crippen molar-refractivity contribution in [3.63, 3.8) is 0 Å². The summed E-state index contributed by atoms with van der Waals surface area (Å²) in [7, 11) is 1.79. The minimum absolute atomic E-state index is 0.102. The van der Waals surface area contributed by atoms with Crippen LogP contribution in [0.5, 0.6) is 0 Å². The lowest BCUT2D eigenvalue weighted by molar-refractivity contribution is -0.0896. The Kier molecular flexibility index (Phi) is 5.58. The highest BCUT2D eigenvalue weighted by Crippen LogP contribution is 2.64. The van der Waals surface area contributed by atoms with Crippen LogP contribution in [-0.4, -0.2) is 23.8 Å². The van der Waals surface area contributed by atoms with Crippen molar-refractivity contribution in [1.82, 2.24) is 0 Å². The Bertz CT molecular complexity index is 1510. The Labute approximate surface area is 224 Å². The third-order valence-electron chi connectivity index (χ3n) is 8.53. The molecule has 3 aliphatic rings. The molecule has 1 radical (unpaired) electrons. The molecular formula is C32H29BNO2S. The van der Waals surface area contributed by atoms with Gasteiger partial charge in [-0.05, 0) is 74.2 Å². The third kappa shape index (κ3) is 3.58. The second-order valence-corrected chi connectivity index (χ2v) is 12.3. The molecule has 0 fully saturated rings. The van der Waals surface area contributed by atoms with Crippen LogP contribution in [0.25, 0.3) is 0 Å². The number of nitrogens with zero attached hydrogens (tertiary/aromatic N) is 1. The molecular weight excluding hydrogens is 473 g/mol. The largest absolute Gasteiger partial charge is 0.427 e. The lowest BCUT2D eigenvalue weighted by Crippen LogP contribution is -2.48. The molecule has 3 aromatic carbocycles. The minimum atomic E-state index is -0.998. The molecule has 3 aromatic rings. The summed E-state index contributed by atoms with van der Waals surface area (Å²) in [5.74, 6) is 0.301. The molecule has 0 amide bonds. The summed E-state index contributed by atoms with van der Waals surface area (Å²) in [6.45, 7) is 7.34. The summed E-state index contributed by atoms with van der Waals surface area (Å²) < 4.78 is 6.17. The second kappa shape index (κ2) is 8.50. The number of allylic oxidation sites excluding steroid dienone is 4. The van der Waals surface area contributed by atoms with E-state index in [2.05, 4.69) is 85.0 Å². The zero-order chi connectivity index (χ0) is 26.0. The summed E-state index contributed by atoms with van der Waals surface area (Å²) in [6.07, 6.45) is 6.76. The molecule has 1 N–H and O–H groups in total. The normalized spacial score (nSPS) is 23.4. The highest BCUT2D eigenvalue weighted by Gasteiger charge is 2.56. The number of rotatable bonds is 4. The SMILES string of the molecule is CC(C)(O)C(C)(C)O[B]C1=CC2C(C=C1)c1ccccc1C21c2ccccc2Sc2ccc(C#N)cc21. The van der Waals surface area contributed by atoms with E-state index in [1.807, 2.05) is 19.9 Å². The highest BCUT2D eigenvalue weighted by molar-refractivity contribution is 7.99. The fourth-order valence-corrected chi connectivity index (χ4v) is 7.14. The van der Waals surface area contributed by atoms with Crippen LogP contribution in [0, 0.1) is 17.2 Å². The Morgan fingerprint density at radius 1 is 0.946 bits per heavy atom. The summed E-state index contributed by atoms with van der Waals surface area (Å²) in [6, 6.07) is 26.0. The van der Waals surface area contributed by atoms with Gasteiger partial charge in [0.05, 0.1) is 28.2 Å². The molecule has 3 unspecified atom stereocenters. The minimum Gasteiger partial charge on any atom is -0.427 e. The number of fused-ring (bicyclic) bond motifs is 9. The quantitative estimate of drug-likeness (QED) is 0.403. The number of nitriles is 1. The van der Waals surface area contributed by atoms with Gasteiger partial charge in [0, 0.05) is 21.6 Å². The summed E-state index contributed by atoms with van der Waals surface area (Å²) in [4.78, 5) is 2.45. The van der Waals surface area contributed by atoms with E-state index < -0.39 is 16.6 Å². The van der Waals surface area contributed by atoms with Crippen LogP contribution >= 0.6 is 11.8 Å². The summed E-state index contributed by atoms with van der Waals surface area (Å²) in [5.41, 5.74) is 4.58. The molecule has 6 rings (SSSR count). The van der Waals surface area contributed by atoms with Gasteiger partial charge in [-0.3, -0.25) is 0 Å². The van der Waals surface area contributed by atoms with Gasteiger partial charge in [0.2, 0.25) is 0 Å². The summed E-state index contributed by atoms with van der Waals surface area (Å²) >= 11 is 1.79. The molecule has 3 nitrogen and oxygen atoms in total. The highest BCUT2D eigenvalue weighted by atomic mass is 32.2. The van der Waals surface area contributed by atoms with E-state index in [-0.39, 0.29) is 11.8 Å². The van der Waals surface area contributed by atoms with Crippen LogP contribution in [0.15, 0.2) is 100 Å². The fraction of sp³-hybridized carbons (Fsp3) is 0.281. The molecule has 1 heterocycles. The molecule has 2 aliphatic carbocycles. The van der Waals surface area contributed by atoms with Gasteiger partial charge >= 0.3 is 7.48 Å².